The Hall–Kier alpha value is -2.31. The summed E-state index contributed by atoms with van der Waals surface area (Å²) in [5, 5.41) is 0.685. The van der Waals surface area contributed by atoms with Gasteiger partial charge in [-0.3, -0.25) is 14.5 Å². The number of aromatic nitrogens is 1. The van der Waals surface area contributed by atoms with Gasteiger partial charge in [0.25, 0.3) is 5.91 Å². The number of ether oxygens (including phenoxy) is 1. The minimum Gasteiger partial charge on any atom is -0.496 e. The van der Waals surface area contributed by atoms with Gasteiger partial charge in [0.2, 0.25) is 0 Å². The van der Waals surface area contributed by atoms with Crippen LogP contribution >= 0.6 is 11.6 Å². The summed E-state index contributed by atoms with van der Waals surface area (Å²) in [7, 11) is 1.66. The fourth-order valence-electron chi connectivity index (χ4n) is 4.07. The van der Waals surface area contributed by atoms with Crippen LogP contribution in [0.25, 0.3) is 0 Å². The zero-order valence-electron chi connectivity index (χ0n) is 17.5. The van der Waals surface area contributed by atoms with Crippen LogP contribution in [0, 0.1) is 6.92 Å². The van der Waals surface area contributed by atoms with Crippen LogP contribution in [0.3, 0.4) is 0 Å². The molecule has 0 unspecified atom stereocenters. The lowest BCUT2D eigenvalue weighted by molar-refractivity contribution is 0.0621. The fraction of sp³-hybridized carbons (Fsp3) is 0.455. The average molecular weight is 418 g/mol. The smallest absolute Gasteiger partial charge is 0.270 e. The molecular weight excluding hydrogens is 390 g/mol. The monoisotopic (exact) mass is 417 g/mol. The molecular formula is C22H28ClN3O3. The fourth-order valence-corrected chi connectivity index (χ4v) is 4.26. The van der Waals surface area contributed by atoms with E-state index in [4.69, 9.17) is 16.3 Å². The van der Waals surface area contributed by atoms with Crippen LogP contribution in [0.1, 0.15) is 51.5 Å². The largest absolute Gasteiger partial charge is 0.496 e. The number of amides is 1. The Morgan fingerprint density at radius 2 is 1.90 bits per heavy atom. The lowest BCUT2D eigenvalue weighted by Gasteiger charge is -2.35. The van der Waals surface area contributed by atoms with E-state index >= 15 is 0 Å². The number of carbonyl (C=O) groups is 2. The van der Waals surface area contributed by atoms with Gasteiger partial charge in [-0.2, -0.15) is 0 Å². The molecule has 29 heavy (non-hydrogen) atoms. The third kappa shape index (κ3) is 4.49. The van der Waals surface area contributed by atoms with Crippen molar-refractivity contribution in [1.29, 1.82) is 0 Å². The van der Waals surface area contributed by atoms with Crippen molar-refractivity contribution in [2.45, 2.75) is 33.7 Å². The first-order valence-corrected chi connectivity index (χ1v) is 10.3. The van der Waals surface area contributed by atoms with Crippen molar-refractivity contribution in [2.75, 3.05) is 33.3 Å². The van der Waals surface area contributed by atoms with E-state index in [9.17, 15) is 9.59 Å². The maximum absolute atomic E-state index is 13.1. The number of halogens is 1. The molecule has 1 saturated heterocycles. The van der Waals surface area contributed by atoms with Gasteiger partial charge in [-0.1, -0.05) is 18.5 Å². The van der Waals surface area contributed by atoms with Gasteiger partial charge in [0.15, 0.2) is 5.78 Å². The average Bonchev–Trinajstić information content (AvgIpc) is 3.04. The van der Waals surface area contributed by atoms with Crippen LogP contribution < -0.4 is 4.74 Å². The zero-order valence-corrected chi connectivity index (χ0v) is 18.2. The first-order valence-electron chi connectivity index (χ1n) is 9.92. The molecule has 6 nitrogen and oxygen atoms in total. The normalized spacial score (nSPS) is 14.9. The molecule has 0 aliphatic carbocycles. The number of aryl methyl sites for hydroxylation is 1. The number of aromatic amines is 1. The van der Waals surface area contributed by atoms with Crippen molar-refractivity contribution in [1.82, 2.24) is 14.8 Å². The SMILES string of the molecule is CCc1c(C(=O)N2CCN(Cc3cc(Cl)ccc3OC)CC2)[nH]c(C)c1C(C)=O. The summed E-state index contributed by atoms with van der Waals surface area (Å²) in [6.45, 7) is 8.90. The predicted molar refractivity (Wildman–Crippen MR) is 114 cm³/mol. The maximum Gasteiger partial charge on any atom is 0.270 e. The van der Waals surface area contributed by atoms with Crippen LogP contribution in [0.4, 0.5) is 0 Å². The minimum atomic E-state index is -0.0302. The van der Waals surface area contributed by atoms with E-state index in [1.165, 1.54) is 0 Å². The summed E-state index contributed by atoms with van der Waals surface area (Å²) in [5.74, 6) is 0.784. The molecule has 156 valence electrons. The second-order valence-electron chi connectivity index (χ2n) is 7.41. The highest BCUT2D eigenvalue weighted by Gasteiger charge is 2.28. The highest BCUT2D eigenvalue weighted by atomic mass is 35.5. The molecule has 1 aromatic carbocycles. The van der Waals surface area contributed by atoms with Crippen LogP contribution in [0.2, 0.25) is 5.02 Å². The van der Waals surface area contributed by atoms with Gasteiger partial charge in [-0.05, 0) is 44.0 Å². The number of rotatable bonds is 6. The Morgan fingerprint density at radius 3 is 2.48 bits per heavy atom. The summed E-state index contributed by atoms with van der Waals surface area (Å²) in [6.07, 6.45) is 0.648. The first kappa shape index (κ1) is 21.4. The number of nitrogens with one attached hydrogen (secondary N) is 1. The molecule has 1 aliphatic rings. The van der Waals surface area contributed by atoms with Crippen molar-refractivity contribution in [3.63, 3.8) is 0 Å². The molecule has 1 aliphatic heterocycles. The van der Waals surface area contributed by atoms with E-state index in [0.29, 0.717) is 35.8 Å². The molecule has 1 N–H and O–H groups in total. The molecule has 1 fully saturated rings. The second kappa shape index (κ2) is 9.01. The first-order chi connectivity index (χ1) is 13.8. The van der Waals surface area contributed by atoms with Gasteiger partial charge < -0.3 is 14.6 Å². The van der Waals surface area contributed by atoms with Gasteiger partial charge >= 0.3 is 0 Å². The van der Waals surface area contributed by atoms with Crippen molar-refractivity contribution < 1.29 is 14.3 Å². The number of piperazine rings is 1. The highest BCUT2D eigenvalue weighted by molar-refractivity contribution is 6.30. The second-order valence-corrected chi connectivity index (χ2v) is 7.85. The summed E-state index contributed by atoms with van der Waals surface area (Å²) in [5.41, 5.74) is 3.84. The number of H-pyrrole nitrogens is 1. The van der Waals surface area contributed by atoms with Crippen LogP contribution in [-0.2, 0) is 13.0 Å². The number of Topliss-reactive ketones (excluding diaryl/α,β-unsaturated/α-hetero) is 1. The molecule has 7 heteroatoms. The standard InChI is InChI=1S/C22H28ClN3O3/c1-5-18-20(15(3)27)14(2)24-21(18)22(28)26-10-8-25(9-11-26)13-16-12-17(23)6-7-19(16)29-4/h6-7,12,24H,5,8-11,13H2,1-4H3. The summed E-state index contributed by atoms with van der Waals surface area (Å²) >= 11 is 6.14. The molecule has 0 bridgehead atoms. The lowest BCUT2D eigenvalue weighted by atomic mass is 10.0. The Bertz CT molecular complexity index is 914. The maximum atomic E-state index is 13.1. The molecule has 2 aromatic rings. The Morgan fingerprint density at radius 1 is 1.21 bits per heavy atom. The molecule has 1 aromatic heterocycles. The summed E-state index contributed by atoms with van der Waals surface area (Å²) in [6, 6.07) is 5.62. The molecule has 3 rings (SSSR count). The van der Waals surface area contributed by atoms with Crippen molar-refractivity contribution >= 4 is 23.3 Å². The van der Waals surface area contributed by atoms with Crippen LogP contribution in [0.15, 0.2) is 18.2 Å². The van der Waals surface area contributed by atoms with Gasteiger partial charge in [0.05, 0.1) is 7.11 Å². The quantitative estimate of drug-likeness (QED) is 0.727. The molecule has 0 spiro atoms. The van der Waals surface area contributed by atoms with Crippen molar-refractivity contribution in [3.8, 4) is 5.75 Å². The highest BCUT2D eigenvalue weighted by Crippen LogP contribution is 2.25. The van der Waals surface area contributed by atoms with Crippen molar-refractivity contribution in [3.05, 3.63) is 51.3 Å². The predicted octanol–water partition coefficient (Wildman–Crippen LogP) is 3.71. The van der Waals surface area contributed by atoms with Crippen LogP contribution in [-0.4, -0.2) is 59.8 Å². The van der Waals surface area contributed by atoms with E-state index in [-0.39, 0.29) is 11.7 Å². The number of hydrogen-bond acceptors (Lipinski definition) is 4. The number of ketones is 1. The Kier molecular flexibility index (Phi) is 6.65. The van der Waals surface area contributed by atoms with E-state index in [1.54, 1.807) is 14.0 Å². The van der Waals surface area contributed by atoms with Gasteiger partial charge in [0.1, 0.15) is 11.4 Å². The minimum absolute atomic E-state index is 0.00469. The van der Waals surface area contributed by atoms with Crippen LogP contribution in [0.5, 0.6) is 5.75 Å². The molecule has 0 radical (unpaired) electrons. The van der Waals surface area contributed by atoms with E-state index in [0.717, 1.165) is 42.2 Å². The Balaban J connectivity index is 1.69. The molecule has 0 atom stereocenters. The van der Waals surface area contributed by atoms with Gasteiger partial charge in [-0.25, -0.2) is 0 Å². The summed E-state index contributed by atoms with van der Waals surface area (Å²) < 4.78 is 5.44. The number of carbonyl (C=O) groups excluding carboxylic acids is 2. The number of benzene rings is 1. The lowest BCUT2D eigenvalue weighted by Crippen LogP contribution is -2.48. The molecule has 1 amide bonds. The molecule has 2 heterocycles. The van der Waals surface area contributed by atoms with E-state index < -0.39 is 0 Å². The molecule has 0 saturated carbocycles. The third-order valence-corrected chi connectivity index (χ3v) is 5.74. The Labute approximate surface area is 176 Å². The third-order valence-electron chi connectivity index (χ3n) is 5.51. The van der Waals surface area contributed by atoms with Gasteiger partial charge in [-0.15, -0.1) is 0 Å². The number of methoxy groups -OCH3 is 1. The van der Waals surface area contributed by atoms with E-state index in [2.05, 4.69) is 9.88 Å². The van der Waals surface area contributed by atoms with Crippen molar-refractivity contribution in [2.24, 2.45) is 0 Å². The zero-order chi connectivity index (χ0) is 21.1. The van der Waals surface area contributed by atoms with Gasteiger partial charge in [0, 0.05) is 54.6 Å². The number of nitrogens with zero attached hydrogens (tertiary/aromatic N) is 2. The number of hydrogen-bond donors (Lipinski definition) is 1. The van der Waals surface area contributed by atoms with E-state index in [1.807, 2.05) is 36.9 Å². The topological polar surface area (TPSA) is 65.6 Å². The summed E-state index contributed by atoms with van der Waals surface area (Å²) in [4.78, 5) is 32.4.